The van der Waals surface area contributed by atoms with Crippen LogP contribution in [0, 0.1) is 0 Å². The van der Waals surface area contributed by atoms with Crippen molar-refractivity contribution in [2.75, 3.05) is 30.4 Å². The van der Waals surface area contributed by atoms with Crippen molar-refractivity contribution in [1.29, 1.82) is 0 Å². The Bertz CT molecular complexity index is 336. The minimum Gasteiger partial charge on any atom is -0.374 e. The topological polar surface area (TPSA) is 41.1 Å². The molecule has 1 aromatic rings. The zero-order valence-corrected chi connectivity index (χ0v) is 12.1. The van der Waals surface area contributed by atoms with Crippen LogP contribution in [-0.2, 0) is 6.54 Å². The Balaban J connectivity index is 1.90. The number of rotatable bonds is 6. The summed E-state index contributed by atoms with van der Waals surface area (Å²) in [5.74, 6) is 2.55. The smallest absolute Gasteiger partial charge is 0.134 e. The quantitative estimate of drug-likeness (QED) is 0.860. The first-order chi connectivity index (χ1) is 8.31. The van der Waals surface area contributed by atoms with Crippen LogP contribution >= 0.6 is 23.3 Å². The fourth-order valence-electron chi connectivity index (χ4n) is 1.92. The lowest BCUT2D eigenvalue weighted by Gasteiger charge is -2.22. The van der Waals surface area contributed by atoms with Crippen LogP contribution in [0.4, 0.5) is 5.00 Å². The third-order valence-corrected chi connectivity index (χ3v) is 4.89. The first-order valence-corrected chi connectivity index (χ1v) is 8.07. The van der Waals surface area contributed by atoms with Crippen molar-refractivity contribution < 1.29 is 0 Å². The van der Waals surface area contributed by atoms with Gasteiger partial charge in [0.2, 0.25) is 0 Å². The molecule has 1 atom stereocenters. The van der Waals surface area contributed by atoms with Crippen molar-refractivity contribution in [3.63, 3.8) is 0 Å². The van der Waals surface area contributed by atoms with E-state index in [1.807, 2.05) is 0 Å². The predicted molar refractivity (Wildman–Crippen MR) is 75.9 cm³/mol. The molecule has 96 valence electrons. The fraction of sp³-hybridized carbons (Fsp3) is 0.818. The van der Waals surface area contributed by atoms with Gasteiger partial charge in [-0.25, -0.2) is 0 Å². The van der Waals surface area contributed by atoms with Crippen molar-refractivity contribution >= 4 is 28.3 Å². The van der Waals surface area contributed by atoms with Crippen LogP contribution in [0.15, 0.2) is 0 Å². The van der Waals surface area contributed by atoms with Crippen LogP contribution in [0.25, 0.3) is 0 Å². The molecule has 0 spiro atoms. The van der Waals surface area contributed by atoms with Gasteiger partial charge in [0, 0.05) is 36.4 Å². The third-order valence-electron chi connectivity index (χ3n) is 3.02. The zero-order valence-electron chi connectivity index (χ0n) is 10.5. The molecule has 0 bridgehead atoms. The SMILES string of the molecule is CCCNc1snnc1CN(C)C1CCSC1. The molecule has 1 saturated heterocycles. The second kappa shape index (κ2) is 6.56. The van der Waals surface area contributed by atoms with Gasteiger partial charge in [-0.15, -0.1) is 5.10 Å². The van der Waals surface area contributed by atoms with Crippen LogP contribution in [0.3, 0.4) is 0 Å². The molecule has 1 aliphatic heterocycles. The number of thioether (sulfide) groups is 1. The van der Waals surface area contributed by atoms with E-state index in [9.17, 15) is 0 Å². The van der Waals surface area contributed by atoms with Gasteiger partial charge in [-0.2, -0.15) is 11.8 Å². The van der Waals surface area contributed by atoms with E-state index in [1.54, 1.807) is 0 Å². The minimum absolute atomic E-state index is 0.709. The van der Waals surface area contributed by atoms with Crippen LogP contribution in [-0.4, -0.2) is 45.6 Å². The number of nitrogens with one attached hydrogen (secondary N) is 1. The van der Waals surface area contributed by atoms with Crippen LogP contribution < -0.4 is 5.32 Å². The van der Waals surface area contributed by atoms with Crippen LogP contribution in [0.5, 0.6) is 0 Å². The molecule has 0 saturated carbocycles. The molecule has 1 N–H and O–H groups in total. The Morgan fingerprint density at radius 2 is 2.41 bits per heavy atom. The molecule has 1 fully saturated rings. The molecule has 1 unspecified atom stereocenters. The zero-order chi connectivity index (χ0) is 12.1. The first-order valence-electron chi connectivity index (χ1n) is 6.14. The van der Waals surface area contributed by atoms with Gasteiger partial charge in [0.1, 0.15) is 10.7 Å². The number of nitrogens with zero attached hydrogens (tertiary/aromatic N) is 3. The molecule has 0 aromatic carbocycles. The highest BCUT2D eigenvalue weighted by atomic mass is 32.2. The maximum atomic E-state index is 4.24. The lowest BCUT2D eigenvalue weighted by Crippen LogP contribution is -2.31. The molecule has 0 radical (unpaired) electrons. The third kappa shape index (κ3) is 3.56. The normalized spacial score (nSPS) is 20.1. The molecule has 2 heterocycles. The summed E-state index contributed by atoms with van der Waals surface area (Å²) >= 11 is 3.52. The van der Waals surface area contributed by atoms with Gasteiger partial charge in [-0.05, 0) is 25.6 Å². The van der Waals surface area contributed by atoms with Gasteiger partial charge in [0.05, 0.1) is 0 Å². The van der Waals surface area contributed by atoms with Gasteiger partial charge in [-0.3, -0.25) is 4.90 Å². The molecule has 6 heteroatoms. The largest absolute Gasteiger partial charge is 0.374 e. The van der Waals surface area contributed by atoms with E-state index in [0.717, 1.165) is 30.2 Å². The maximum Gasteiger partial charge on any atom is 0.134 e. The summed E-state index contributed by atoms with van der Waals surface area (Å²) in [6, 6.07) is 0.709. The second-order valence-electron chi connectivity index (χ2n) is 4.41. The summed E-state index contributed by atoms with van der Waals surface area (Å²) in [5, 5.41) is 8.78. The maximum absolute atomic E-state index is 4.24. The highest BCUT2D eigenvalue weighted by molar-refractivity contribution is 7.99. The summed E-state index contributed by atoms with van der Waals surface area (Å²) in [6.45, 7) is 4.08. The minimum atomic E-state index is 0.709. The van der Waals surface area contributed by atoms with Crippen LogP contribution in [0.1, 0.15) is 25.5 Å². The summed E-state index contributed by atoms with van der Waals surface area (Å²) in [7, 11) is 2.19. The van der Waals surface area contributed by atoms with Crippen molar-refractivity contribution in [2.24, 2.45) is 0 Å². The fourth-order valence-corrected chi connectivity index (χ4v) is 3.82. The van der Waals surface area contributed by atoms with E-state index < -0.39 is 0 Å². The van der Waals surface area contributed by atoms with Crippen molar-refractivity contribution in [1.82, 2.24) is 14.5 Å². The Kier molecular flexibility index (Phi) is 5.06. The molecule has 2 rings (SSSR count). The standard InChI is InChI=1S/C11H20N4S2/c1-3-5-12-11-10(13-14-17-11)7-15(2)9-4-6-16-8-9/h9,12H,3-8H2,1-2H3. The number of aromatic nitrogens is 2. The second-order valence-corrected chi connectivity index (χ2v) is 6.31. The van der Waals surface area contributed by atoms with E-state index in [-0.39, 0.29) is 0 Å². The van der Waals surface area contributed by atoms with E-state index in [2.05, 4.69) is 45.5 Å². The molecule has 17 heavy (non-hydrogen) atoms. The number of anilines is 1. The average molecular weight is 272 g/mol. The summed E-state index contributed by atoms with van der Waals surface area (Å²) in [4.78, 5) is 2.41. The van der Waals surface area contributed by atoms with E-state index in [4.69, 9.17) is 0 Å². The van der Waals surface area contributed by atoms with Crippen molar-refractivity contribution in [3.05, 3.63) is 5.69 Å². The molecule has 0 amide bonds. The van der Waals surface area contributed by atoms with E-state index in [1.165, 1.54) is 29.5 Å². The van der Waals surface area contributed by atoms with Crippen LogP contribution in [0.2, 0.25) is 0 Å². The predicted octanol–water partition coefficient (Wildman–Crippen LogP) is 2.30. The van der Waals surface area contributed by atoms with Gasteiger partial charge in [0.25, 0.3) is 0 Å². The molecule has 4 nitrogen and oxygen atoms in total. The Hall–Kier alpha value is -0.330. The monoisotopic (exact) mass is 272 g/mol. The van der Waals surface area contributed by atoms with Gasteiger partial charge >= 0.3 is 0 Å². The summed E-state index contributed by atoms with van der Waals surface area (Å²) in [6.07, 6.45) is 2.43. The van der Waals surface area contributed by atoms with Crippen molar-refractivity contribution in [3.8, 4) is 0 Å². The molecular formula is C11H20N4S2. The summed E-state index contributed by atoms with van der Waals surface area (Å²) < 4.78 is 4.05. The molecule has 1 aromatic heterocycles. The average Bonchev–Trinajstić information content (AvgIpc) is 2.97. The molecule has 1 aliphatic rings. The van der Waals surface area contributed by atoms with Gasteiger partial charge in [0.15, 0.2) is 0 Å². The summed E-state index contributed by atoms with van der Waals surface area (Å²) in [5.41, 5.74) is 1.10. The Morgan fingerprint density at radius 1 is 1.53 bits per heavy atom. The molecular weight excluding hydrogens is 252 g/mol. The lowest BCUT2D eigenvalue weighted by atomic mass is 10.2. The van der Waals surface area contributed by atoms with E-state index in [0.29, 0.717) is 6.04 Å². The lowest BCUT2D eigenvalue weighted by molar-refractivity contribution is 0.252. The number of hydrogen-bond acceptors (Lipinski definition) is 6. The van der Waals surface area contributed by atoms with Gasteiger partial charge in [-0.1, -0.05) is 11.4 Å². The first kappa shape index (κ1) is 13.1. The van der Waals surface area contributed by atoms with Gasteiger partial charge < -0.3 is 5.32 Å². The van der Waals surface area contributed by atoms with E-state index >= 15 is 0 Å². The van der Waals surface area contributed by atoms with Crippen molar-refractivity contribution in [2.45, 2.75) is 32.4 Å². The Labute approximate surface area is 111 Å². The molecule has 0 aliphatic carbocycles. The number of hydrogen-bond donors (Lipinski definition) is 1. The highest BCUT2D eigenvalue weighted by Crippen LogP contribution is 2.25. The highest BCUT2D eigenvalue weighted by Gasteiger charge is 2.21. The Morgan fingerprint density at radius 3 is 3.12 bits per heavy atom.